The van der Waals surface area contributed by atoms with Crippen molar-refractivity contribution in [1.29, 1.82) is 0 Å². The van der Waals surface area contributed by atoms with Crippen molar-refractivity contribution in [3.63, 3.8) is 0 Å². The Balaban J connectivity index is 2.00. The fourth-order valence-corrected chi connectivity index (χ4v) is 2.12. The second kappa shape index (κ2) is 6.88. The van der Waals surface area contributed by atoms with Crippen LogP contribution in [-0.2, 0) is 13.5 Å². The monoisotopic (exact) mass is 290 g/mol. The quantitative estimate of drug-likeness (QED) is 0.855. The van der Waals surface area contributed by atoms with Crippen LogP contribution in [0.15, 0.2) is 30.5 Å². The Bertz CT molecular complexity index is 624. The molecule has 1 aromatic carbocycles. The van der Waals surface area contributed by atoms with Gasteiger partial charge in [-0.25, -0.2) is 4.39 Å². The van der Waals surface area contributed by atoms with Crippen molar-refractivity contribution >= 4 is 11.6 Å². The van der Waals surface area contributed by atoms with E-state index in [-0.39, 0.29) is 11.6 Å². The van der Waals surface area contributed by atoms with Crippen LogP contribution in [0.3, 0.4) is 0 Å². The first-order valence-electron chi connectivity index (χ1n) is 6.91. The molecule has 6 heteroatoms. The van der Waals surface area contributed by atoms with Crippen LogP contribution in [0.25, 0.3) is 0 Å². The molecule has 0 radical (unpaired) electrons. The predicted octanol–water partition coefficient (Wildman–Crippen LogP) is 1.96. The first-order valence-corrected chi connectivity index (χ1v) is 6.91. The molecule has 0 aliphatic heterocycles. The Hall–Kier alpha value is -2.37. The summed E-state index contributed by atoms with van der Waals surface area (Å²) in [4.78, 5) is 12.2. The minimum absolute atomic E-state index is 0.248. The van der Waals surface area contributed by atoms with Gasteiger partial charge in [-0.1, -0.05) is 6.07 Å². The number of nitrogens with zero attached hydrogens (tertiary/aromatic N) is 2. The average molecular weight is 290 g/mol. The van der Waals surface area contributed by atoms with Crippen LogP contribution in [0.5, 0.6) is 0 Å². The van der Waals surface area contributed by atoms with Crippen molar-refractivity contribution in [2.45, 2.75) is 13.3 Å². The van der Waals surface area contributed by atoms with Gasteiger partial charge in [0.2, 0.25) is 0 Å². The van der Waals surface area contributed by atoms with Crippen molar-refractivity contribution in [3.05, 3.63) is 47.5 Å². The van der Waals surface area contributed by atoms with Crippen molar-refractivity contribution in [1.82, 2.24) is 15.1 Å². The zero-order valence-electron chi connectivity index (χ0n) is 12.2. The van der Waals surface area contributed by atoms with E-state index in [1.165, 1.54) is 12.1 Å². The predicted molar refractivity (Wildman–Crippen MR) is 79.8 cm³/mol. The molecule has 5 nitrogen and oxygen atoms in total. The topological polar surface area (TPSA) is 59.0 Å². The summed E-state index contributed by atoms with van der Waals surface area (Å²) in [6.07, 6.45) is 2.39. The van der Waals surface area contributed by atoms with Gasteiger partial charge in [0, 0.05) is 38.4 Å². The smallest absolute Gasteiger partial charge is 0.253 e. The molecule has 0 bridgehead atoms. The fraction of sp³-hybridized carbons (Fsp3) is 0.333. The first-order chi connectivity index (χ1) is 10.1. The highest BCUT2D eigenvalue weighted by atomic mass is 19.1. The Kier molecular flexibility index (Phi) is 4.92. The van der Waals surface area contributed by atoms with E-state index in [0.717, 1.165) is 5.69 Å². The van der Waals surface area contributed by atoms with E-state index >= 15 is 0 Å². The number of para-hydroxylation sites is 1. The molecule has 0 fully saturated rings. The van der Waals surface area contributed by atoms with Crippen molar-refractivity contribution in [3.8, 4) is 0 Å². The second-order valence-corrected chi connectivity index (χ2v) is 4.64. The van der Waals surface area contributed by atoms with E-state index in [2.05, 4.69) is 15.7 Å². The molecule has 21 heavy (non-hydrogen) atoms. The van der Waals surface area contributed by atoms with Crippen LogP contribution < -0.4 is 10.6 Å². The Morgan fingerprint density at radius 3 is 2.86 bits per heavy atom. The number of anilines is 1. The summed E-state index contributed by atoms with van der Waals surface area (Å²) in [5.41, 5.74) is 1.60. The summed E-state index contributed by atoms with van der Waals surface area (Å²) >= 11 is 0. The second-order valence-electron chi connectivity index (χ2n) is 4.64. The number of amides is 1. The lowest BCUT2D eigenvalue weighted by Crippen LogP contribution is -2.27. The van der Waals surface area contributed by atoms with Gasteiger partial charge in [0.25, 0.3) is 5.91 Å². The molecule has 0 atom stereocenters. The van der Waals surface area contributed by atoms with Crippen LogP contribution in [0, 0.1) is 5.82 Å². The maximum atomic E-state index is 13.7. The van der Waals surface area contributed by atoms with E-state index in [1.807, 2.05) is 20.0 Å². The summed E-state index contributed by atoms with van der Waals surface area (Å²) in [7, 11) is 1.85. The van der Waals surface area contributed by atoms with E-state index < -0.39 is 5.82 Å². The van der Waals surface area contributed by atoms with Crippen LogP contribution in [0.4, 0.5) is 10.1 Å². The van der Waals surface area contributed by atoms with Crippen molar-refractivity contribution < 1.29 is 9.18 Å². The molecule has 1 amide bonds. The third-order valence-corrected chi connectivity index (χ3v) is 3.20. The highest BCUT2D eigenvalue weighted by Gasteiger charge is 2.14. The number of hydrogen-bond acceptors (Lipinski definition) is 3. The SMILES string of the molecule is CCNc1c(F)cccc1C(=O)NCCc1ccnn1C. The third-order valence-electron chi connectivity index (χ3n) is 3.20. The first kappa shape index (κ1) is 15.0. The molecule has 2 aromatic rings. The lowest BCUT2D eigenvalue weighted by atomic mass is 10.1. The van der Waals surface area contributed by atoms with Gasteiger partial charge in [-0.05, 0) is 25.1 Å². The number of aromatic nitrogens is 2. The summed E-state index contributed by atoms with van der Waals surface area (Å²) in [6.45, 7) is 2.88. The fourth-order valence-electron chi connectivity index (χ4n) is 2.12. The zero-order valence-corrected chi connectivity index (χ0v) is 12.2. The van der Waals surface area contributed by atoms with E-state index in [9.17, 15) is 9.18 Å². The van der Waals surface area contributed by atoms with Crippen LogP contribution in [0.2, 0.25) is 0 Å². The maximum absolute atomic E-state index is 13.7. The summed E-state index contributed by atoms with van der Waals surface area (Å²) in [6, 6.07) is 6.38. The summed E-state index contributed by atoms with van der Waals surface area (Å²) < 4.78 is 15.5. The van der Waals surface area contributed by atoms with Gasteiger partial charge in [-0.3, -0.25) is 9.48 Å². The molecule has 2 rings (SSSR count). The summed E-state index contributed by atoms with van der Waals surface area (Å²) in [5, 5.41) is 9.76. The van der Waals surface area contributed by atoms with Crippen LogP contribution in [0.1, 0.15) is 23.0 Å². The Morgan fingerprint density at radius 1 is 1.38 bits per heavy atom. The van der Waals surface area contributed by atoms with E-state index in [4.69, 9.17) is 0 Å². The van der Waals surface area contributed by atoms with E-state index in [0.29, 0.717) is 25.1 Å². The molecule has 0 saturated heterocycles. The maximum Gasteiger partial charge on any atom is 0.253 e. The minimum Gasteiger partial charge on any atom is -0.382 e. The van der Waals surface area contributed by atoms with Gasteiger partial charge in [-0.15, -0.1) is 0 Å². The number of benzene rings is 1. The molecule has 0 saturated carbocycles. The van der Waals surface area contributed by atoms with Gasteiger partial charge in [0.1, 0.15) is 5.82 Å². The van der Waals surface area contributed by atoms with E-state index in [1.54, 1.807) is 16.9 Å². The number of carbonyl (C=O) groups excluding carboxylic acids is 1. The van der Waals surface area contributed by atoms with Crippen molar-refractivity contribution in [2.24, 2.45) is 7.05 Å². The highest BCUT2D eigenvalue weighted by molar-refractivity contribution is 5.99. The number of hydrogen-bond donors (Lipinski definition) is 2. The molecule has 0 unspecified atom stereocenters. The average Bonchev–Trinajstić information content (AvgIpc) is 2.87. The number of halogens is 1. The zero-order chi connectivity index (χ0) is 15.2. The Morgan fingerprint density at radius 2 is 2.19 bits per heavy atom. The highest BCUT2D eigenvalue weighted by Crippen LogP contribution is 2.19. The van der Waals surface area contributed by atoms with Crippen molar-refractivity contribution in [2.75, 3.05) is 18.4 Å². The molecule has 0 aliphatic carbocycles. The van der Waals surface area contributed by atoms with Crippen LogP contribution >= 0.6 is 0 Å². The summed E-state index contributed by atoms with van der Waals surface area (Å²) in [5.74, 6) is -0.705. The molecule has 1 heterocycles. The largest absolute Gasteiger partial charge is 0.382 e. The molecule has 1 aromatic heterocycles. The number of aryl methyl sites for hydroxylation is 1. The number of carbonyl (C=O) groups is 1. The molecule has 0 aliphatic rings. The van der Waals surface area contributed by atoms with Gasteiger partial charge in [0.15, 0.2) is 0 Å². The lowest BCUT2D eigenvalue weighted by molar-refractivity contribution is 0.0954. The molecule has 112 valence electrons. The third kappa shape index (κ3) is 3.59. The minimum atomic E-state index is -0.420. The number of rotatable bonds is 6. The normalized spacial score (nSPS) is 10.4. The standard InChI is InChI=1S/C15H19FN4O/c1-3-17-14-12(5-4-6-13(14)16)15(21)18-9-7-11-8-10-19-20(11)2/h4-6,8,10,17H,3,7,9H2,1-2H3,(H,18,21). The van der Waals surface area contributed by atoms with Gasteiger partial charge in [-0.2, -0.15) is 5.10 Å². The van der Waals surface area contributed by atoms with Gasteiger partial charge >= 0.3 is 0 Å². The lowest BCUT2D eigenvalue weighted by Gasteiger charge is -2.12. The molecular formula is C15H19FN4O. The Labute approximate surface area is 123 Å². The van der Waals surface area contributed by atoms with Gasteiger partial charge < -0.3 is 10.6 Å². The molecular weight excluding hydrogens is 271 g/mol. The molecule has 2 N–H and O–H groups in total. The number of nitrogens with one attached hydrogen (secondary N) is 2. The van der Waals surface area contributed by atoms with Crippen LogP contribution in [-0.4, -0.2) is 28.8 Å². The molecule has 0 spiro atoms. The van der Waals surface area contributed by atoms with Gasteiger partial charge in [0.05, 0.1) is 11.3 Å².